The minimum absolute atomic E-state index is 0.759. The first kappa shape index (κ1) is 12.4. The molecule has 0 aliphatic heterocycles. The van der Waals surface area contributed by atoms with E-state index in [0.717, 1.165) is 33.9 Å². The maximum absolute atomic E-state index is 4.46. The molecule has 20 heavy (non-hydrogen) atoms. The van der Waals surface area contributed by atoms with Gasteiger partial charge in [0.05, 0.1) is 11.4 Å². The summed E-state index contributed by atoms with van der Waals surface area (Å²) < 4.78 is 0. The molecule has 0 saturated carbocycles. The van der Waals surface area contributed by atoms with Gasteiger partial charge in [0.1, 0.15) is 5.82 Å². The Hall–Kier alpha value is -2.62. The fourth-order valence-electron chi connectivity index (χ4n) is 1.88. The number of nitrogens with zero attached hydrogens (tertiary/aromatic N) is 4. The van der Waals surface area contributed by atoms with Crippen molar-refractivity contribution in [2.45, 2.75) is 13.8 Å². The van der Waals surface area contributed by atoms with Crippen LogP contribution in [0.4, 0.5) is 0 Å². The van der Waals surface area contributed by atoms with E-state index in [2.05, 4.69) is 19.9 Å². The van der Waals surface area contributed by atoms with Crippen LogP contribution in [0.3, 0.4) is 0 Å². The maximum atomic E-state index is 4.46. The zero-order valence-electron chi connectivity index (χ0n) is 11.4. The number of pyridine rings is 2. The molecule has 0 radical (unpaired) electrons. The van der Waals surface area contributed by atoms with Crippen molar-refractivity contribution in [3.63, 3.8) is 0 Å². The van der Waals surface area contributed by atoms with E-state index in [1.807, 2.05) is 50.5 Å². The zero-order chi connectivity index (χ0) is 13.9. The predicted octanol–water partition coefficient (Wildman–Crippen LogP) is 3.22. The van der Waals surface area contributed by atoms with Gasteiger partial charge in [0.15, 0.2) is 0 Å². The van der Waals surface area contributed by atoms with Gasteiger partial charge in [-0.1, -0.05) is 6.07 Å². The monoisotopic (exact) mass is 262 g/mol. The van der Waals surface area contributed by atoms with Gasteiger partial charge in [-0.2, -0.15) is 0 Å². The first-order valence-corrected chi connectivity index (χ1v) is 6.40. The summed E-state index contributed by atoms with van der Waals surface area (Å²) in [5.74, 6) is 0.759. The minimum atomic E-state index is 0.759. The maximum Gasteiger partial charge on any atom is 0.125 e. The molecule has 0 aliphatic carbocycles. The highest BCUT2D eigenvalue weighted by atomic mass is 14.9. The molecule has 3 rings (SSSR count). The standard InChI is InChI=1S/C16H14N4/c1-11-3-5-15(19-7-11)13-4-6-16(20-8-13)14-9-17-12(2)18-10-14/h3-10H,1-2H3. The Labute approximate surface area is 117 Å². The minimum Gasteiger partial charge on any atom is -0.256 e. The summed E-state index contributed by atoms with van der Waals surface area (Å²) in [6, 6.07) is 8.02. The number of aryl methyl sites for hydroxylation is 2. The second-order valence-electron chi connectivity index (χ2n) is 4.67. The summed E-state index contributed by atoms with van der Waals surface area (Å²) >= 11 is 0. The van der Waals surface area contributed by atoms with E-state index >= 15 is 0 Å². The van der Waals surface area contributed by atoms with Crippen molar-refractivity contribution in [1.82, 2.24) is 19.9 Å². The summed E-state index contributed by atoms with van der Waals surface area (Å²) in [5.41, 5.74) is 4.85. The van der Waals surface area contributed by atoms with Crippen LogP contribution in [-0.2, 0) is 0 Å². The van der Waals surface area contributed by atoms with Crippen LogP contribution in [0, 0.1) is 13.8 Å². The summed E-state index contributed by atoms with van der Waals surface area (Å²) in [4.78, 5) is 17.2. The molecule has 0 bridgehead atoms. The van der Waals surface area contributed by atoms with Gasteiger partial charge in [0.2, 0.25) is 0 Å². The molecular weight excluding hydrogens is 248 g/mol. The third-order valence-electron chi connectivity index (χ3n) is 3.05. The molecule has 0 atom stereocenters. The van der Waals surface area contributed by atoms with Crippen LogP contribution in [0.25, 0.3) is 22.5 Å². The van der Waals surface area contributed by atoms with E-state index in [1.165, 1.54) is 0 Å². The lowest BCUT2D eigenvalue weighted by atomic mass is 10.1. The number of aromatic nitrogens is 4. The molecule has 0 saturated heterocycles. The zero-order valence-corrected chi connectivity index (χ0v) is 11.4. The van der Waals surface area contributed by atoms with Gasteiger partial charge in [0, 0.05) is 35.9 Å². The van der Waals surface area contributed by atoms with Gasteiger partial charge in [-0.3, -0.25) is 9.97 Å². The van der Waals surface area contributed by atoms with Crippen LogP contribution in [0.5, 0.6) is 0 Å². The highest BCUT2D eigenvalue weighted by Crippen LogP contribution is 2.20. The van der Waals surface area contributed by atoms with Crippen LogP contribution in [0.1, 0.15) is 11.4 Å². The average molecular weight is 262 g/mol. The summed E-state index contributed by atoms with van der Waals surface area (Å²) in [7, 11) is 0. The smallest absolute Gasteiger partial charge is 0.125 e. The molecule has 0 spiro atoms. The fraction of sp³-hybridized carbons (Fsp3) is 0.125. The van der Waals surface area contributed by atoms with Gasteiger partial charge >= 0.3 is 0 Å². The number of rotatable bonds is 2. The third kappa shape index (κ3) is 2.54. The molecule has 0 fully saturated rings. The Balaban J connectivity index is 1.91. The first-order valence-electron chi connectivity index (χ1n) is 6.40. The molecule has 0 amide bonds. The van der Waals surface area contributed by atoms with Crippen molar-refractivity contribution in [3.05, 3.63) is 60.4 Å². The van der Waals surface area contributed by atoms with Crippen molar-refractivity contribution < 1.29 is 0 Å². The molecule has 4 nitrogen and oxygen atoms in total. The molecule has 0 unspecified atom stereocenters. The second kappa shape index (κ2) is 5.17. The Morgan fingerprint density at radius 1 is 0.600 bits per heavy atom. The van der Waals surface area contributed by atoms with Crippen molar-refractivity contribution in [2.75, 3.05) is 0 Å². The molecule has 3 heterocycles. The summed E-state index contributed by atoms with van der Waals surface area (Å²) in [6.45, 7) is 3.89. The molecule has 0 aromatic carbocycles. The lowest BCUT2D eigenvalue weighted by Gasteiger charge is -2.03. The third-order valence-corrected chi connectivity index (χ3v) is 3.05. The molecule has 4 heteroatoms. The molecule has 3 aromatic heterocycles. The topological polar surface area (TPSA) is 51.6 Å². The van der Waals surface area contributed by atoms with Crippen molar-refractivity contribution in [2.24, 2.45) is 0 Å². The highest BCUT2D eigenvalue weighted by molar-refractivity contribution is 5.63. The molecule has 0 N–H and O–H groups in total. The first-order chi connectivity index (χ1) is 9.72. The van der Waals surface area contributed by atoms with Crippen LogP contribution in [0.2, 0.25) is 0 Å². The Morgan fingerprint density at radius 3 is 1.80 bits per heavy atom. The van der Waals surface area contributed by atoms with E-state index in [9.17, 15) is 0 Å². The van der Waals surface area contributed by atoms with Crippen LogP contribution in [0.15, 0.2) is 49.1 Å². The largest absolute Gasteiger partial charge is 0.256 e. The van der Waals surface area contributed by atoms with Crippen LogP contribution >= 0.6 is 0 Å². The lowest BCUT2D eigenvalue weighted by molar-refractivity contribution is 1.05. The van der Waals surface area contributed by atoms with E-state index in [-0.39, 0.29) is 0 Å². The molecular formula is C16H14N4. The van der Waals surface area contributed by atoms with E-state index in [4.69, 9.17) is 0 Å². The predicted molar refractivity (Wildman–Crippen MR) is 78.0 cm³/mol. The average Bonchev–Trinajstić information content (AvgIpc) is 2.49. The van der Waals surface area contributed by atoms with Crippen molar-refractivity contribution >= 4 is 0 Å². The quantitative estimate of drug-likeness (QED) is 0.711. The van der Waals surface area contributed by atoms with Crippen molar-refractivity contribution in [1.29, 1.82) is 0 Å². The molecule has 0 aliphatic rings. The SMILES string of the molecule is Cc1ccc(-c2ccc(-c3cnc(C)nc3)nc2)nc1. The van der Waals surface area contributed by atoms with Crippen molar-refractivity contribution in [3.8, 4) is 22.5 Å². The Morgan fingerprint density at radius 2 is 1.20 bits per heavy atom. The molecule has 3 aromatic rings. The van der Waals surface area contributed by atoms with E-state index in [1.54, 1.807) is 12.4 Å². The molecule has 98 valence electrons. The second-order valence-corrected chi connectivity index (χ2v) is 4.67. The Bertz CT molecular complexity index is 636. The number of hydrogen-bond donors (Lipinski definition) is 0. The van der Waals surface area contributed by atoms with Crippen LogP contribution < -0.4 is 0 Å². The summed E-state index contributed by atoms with van der Waals surface area (Å²) in [5, 5.41) is 0. The fourth-order valence-corrected chi connectivity index (χ4v) is 1.88. The summed E-state index contributed by atoms with van der Waals surface area (Å²) in [6.07, 6.45) is 7.26. The van der Waals surface area contributed by atoms with Gasteiger partial charge in [0.25, 0.3) is 0 Å². The van der Waals surface area contributed by atoms with Gasteiger partial charge < -0.3 is 0 Å². The van der Waals surface area contributed by atoms with Gasteiger partial charge in [-0.05, 0) is 37.6 Å². The van der Waals surface area contributed by atoms with E-state index in [0.29, 0.717) is 0 Å². The highest BCUT2D eigenvalue weighted by Gasteiger charge is 2.03. The van der Waals surface area contributed by atoms with Crippen LogP contribution in [-0.4, -0.2) is 19.9 Å². The Kier molecular flexibility index (Phi) is 3.21. The van der Waals surface area contributed by atoms with Gasteiger partial charge in [-0.15, -0.1) is 0 Å². The number of hydrogen-bond acceptors (Lipinski definition) is 4. The van der Waals surface area contributed by atoms with E-state index < -0.39 is 0 Å². The lowest BCUT2D eigenvalue weighted by Crippen LogP contribution is -1.91. The van der Waals surface area contributed by atoms with Gasteiger partial charge in [-0.25, -0.2) is 9.97 Å². The normalized spacial score (nSPS) is 10.5.